The van der Waals surface area contributed by atoms with E-state index >= 15 is 0 Å². The number of amides is 1. The van der Waals surface area contributed by atoms with Crippen LogP contribution in [-0.2, 0) is 0 Å². The highest BCUT2D eigenvalue weighted by Crippen LogP contribution is 2.24. The van der Waals surface area contributed by atoms with Crippen LogP contribution in [0.4, 0.5) is 11.6 Å². The fraction of sp³-hybridized carbons (Fsp3) is 0. The van der Waals surface area contributed by atoms with Gasteiger partial charge in [0.15, 0.2) is 5.76 Å². The number of ether oxygens (including phenoxy) is 1. The number of hydrogen-bond donors (Lipinski definition) is 1. The summed E-state index contributed by atoms with van der Waals surface area (Å²) in [5.74, 6) is -0.316. The lowest BCUT2D eigenvalue weighted by Gasteiger charge is -2.06. The number of furan rings is 1. The number of anilines is 1. The van der Waals surface area contributed by atoms with Crippen molar-refractivity contribution in [1.82, 2.24) is 4.98 Å². The first-order valence-corrected chi connectivity index (χ1v) is 7.75. The van der Waals surface area contributed by atoms with Crippen LogP contribution >= 0.6 is 15.9 Å². The van der Waals surface area contributed by atoms with Crippen molar-refractivity contribution in [3.8, 4) is 11.6 Å². The quantitative estimate of drug-likeness (QED) is 0.499. The second-order valence-electron chi connectivity index (χ2n) is 4.79. The summed E-state index contributed by atoms with van der Waals surface area (Å²) in [5.41, 5.74) is 0.394. The number of nitro groups is 1. The van der Waals surface area contributed by atoms with E-state index < -0.39 is 16.7 Å². The van der Waals surface area contributed by atoms with Gasteiger partial charge in [-0.2, -0.15) is 0 Å². The van der Waals surface area contributed by atoms with Gasteiger partial charge in [0, 0.05) is 10.5 Å². The molecule has 25 heavy (non-hydrogen) atoms. The Labute approximate surface area is 149 Å². The summed E-state index contributed by atoms with van der Waals surface area (Å²) in [5, 5.41) is 13.1. The largest absolute Gasteiger partial charge is 0.439 e. The van der Waals surface area contributed by atoms with Gasteiger partial charge >= 0.3 is 5.88 Å². The molecule has 0 fully saturated rings. The smallest absolute Gasteiger partial charge is 0.433 e. The molecule has 1 amide bonds. The van der Waals surface area contributed by atoms with Gasteiger partial charge in [-0.1, -0.05) is 22.0 Å². The number of carbonyl (C=O) groups excluding carboxylic acids is 1. The molecule has 1 aromatic carbocycles. The van der Waals surface area contributed by atoms with Gasteiger partial charge < -0.3 is 14.5 Å². The van der Waals surface area contributed by atoms with Crippen LogP contribution in [0.25, 0.3) is 0 Å². The third-order valence-corrected chi connectivity index (χ3v) is 3.50. The molecule has 2 aromatic heterocycles. The van der Waals surface area contributed by atoms with Gasteiger partial charge in [-0.3, -0.25) is 14.9 Å². The lowest BCUT2D eigenvalue weighted by Crippen LogP contribution is -2.11. The maximum Gasteiger partial charge on any atom is 0.433 e. The van der Waals surface area contributed by atoms with Gasteiger partial charge in [0.2, 0.25) is 5.88 Å². The SMILES string of the molecule is O=C(Nc1ccc(Oc2cccc(Br)c2)nc1)c1ccc([N+](=O)[O-])o1. The Morgan fingerprint density at radius 2 is 2.08 bits per heavy atom. The Hall–Kier alpha value is -3.20. The van der Waals surface area contributed by atoms with E-state index in [2.05, 4.69) is 26.2 Å². The molecule has 0 saturated carbocycles. The predicted octanol–water partition coefficient (Wildman–Crippen LogP) is 4.39. The van der Waals surface area contributed by atoms with E-state index in [-0.39, 0.29) is 5.76 Å². The number of halogens is 1. The molecule has 0 aliphatic rings. The highest BCUT2D eigenvalue weighted by atomic mass is 79.9. The monoisotopic (exact) mass is 403 g/mol. The summed E-state index contributed by atoms with van der Waals surface area (Å²) in [6, 6.07) is 12.8. The van der Waals surface area contributed by atoms with Crippen LogP contribution < -0.4 is 10.1 Å². The van der Waals surface area contributed by atoms with E-state index in [1.54, 1.807) is 24.3 Å². The van der Waals surface area contributed by atoms with Gasteiger partial charge in [-0.05, 0) is 30.3 Å². The van der Waals surface area contributed by atoms with Crippen molar-refractivity contribution < 1.29 is 18.9 Å². The van der Waals surface area contributed by atoms with E-state index in [1.165, 1.54) is 12.3 Å². The van der Waals surface area contributed by atoms with E-state index in [0.717, 1.165) is 10.5 Å². The van der Waals surface area contributed by atoms with E-state index in [0.29, 0.717) is 17.3 Å². The number of nitrogens with zero attached hydrogens (tertiary/aromatic N) is 2. The minimum atomic E-state index is -0.716. The lowest BCUT2D eigenvalue weighted by molar-refractivity contribution is -0.402. The normalized spacial score (nSPS) is 10.3. The summed E-state index contributed by atoms with van der Waals surface area (Å²) < 4.78 is 11.3. The van der Waals surface area contributed by atoms with E-state index in [4.69, 9.17) is 9.15 Å². The molecule has 0 radical (unpaired) electrons. The molecule has 3 aromatic rings. The van der Waals surface area contributed by atoms with Crippen molar-refractivity contribution in [2.75, 3.05) is 5.32 Å². The number of carbonyl (C=O) groups is 1. The van der Waals surface area contributed by atoms with Gasteiger partial charge in [-0.15, -0.1) is 0 Å². The highest BCUT2D eigenvalue weighted by Gasteiger charge is 2.17. The molecule has 0 spiro atoms. The van der Waals surface area contributed by atoms with Crippen molar-refractivity contribution in [2.45, 2.75) is 0 Å². The van der Waals surface area contributed by atoms with E-state index in [1.807, 2.05) is 12.1 Å². The molecule has 2 heterocycles. The van der Waals surface area contributed by atoms with Crippen molar-refractivity contribution >= 4 is 33.4 Å². The maximum absolute atomic E-state index is 12.0. The number of aromatic nitrogens is 1. The van der Waals surface area contributed by atoms with Crippen molar-refractivity contribution in [2.24, 2.45) is 0 Å². The molecular weight excluding hydrogens is 394 g/mol. The zero-order valence-electron chi connectivity index (χ0n) is 12.5. The topological polar surface area (TPSA) is 108 Å². The summed E-state index contributed by atoms with van der Waals surface area (Å²) in [6.45, 7) is 0. The van der Waals surface area contributed by atoms with Crippen LogP contribution in [-0.4, -0.2) is 15.8 Å². The molecule has 8 nitrogen and oxygen atoms in total. The number of pyridine rings is 1. The third kappa shape index (κ3) is 4.21. The van der Waals surface area contributed by atoms with Crippen LogP contribution in [0.3, 0.4) is 0 Å². The first-order chi connectivity index (χ1) is 12.0. The van der Waals surface area contributed by atoms with Crippen LogP contribution in [0.2, 0.25) is 0 Å². The van der Waals surface area contributed by atoms with Crippen LogP contribution in [0, 0.1) is 10.1 Å². The maximum atomic E-state index is 12.0. The van der Waals surface area contributed by atoms with Crippen molar-refractivity contribution in [3.63, 3.8) is 0 Å². The minimum absolute atomic E-state index is 0.166. The third-order valence-electron chi connectivity index (χ3n) is 3.01. The molecule has 0 atom stereocenters. The molecule has 9 heteroatoms. The average molecular weight is 404 g/mol. The van der Waals surface area contributed by atoms with Gasteiger partial charge in [0.1, 0.15) is 10.7 Å². The van der Waals surface area contributed by atoms with Gasteiger partial charge in [0.05, 0.1) is 18.0 Å². The Balaban J connectivity index is 1.65. The predicted molar refractivity (Wildman–Crippen MR) is 91.8 cm³/mol. The number of benzene rings is 1. The van der Waals surface area contributed by atoms with Gasteiger partial charge in [-0.25, -0.2) is 4.98 Å². The zero-order valence-corrected chi connectivity index (χ0v) is 14.1. The van der Waals surface area contributed by atoms with Crippen molar-refractivity contribution in [1.29, 1.82) is 0 Å². The number of rotatable bonds is 5. The first-order valence-electron chi connectivity index (χ1n) is 6.96. The molecule has 0 saturated heterocycles. The second-order valence-corrected chi connectivity index (χ2v) is 5.71. The minimum Gasteiger partial charge on any atom is -0.439 e. The Morgan fingerprint density at radius 1 is 1.24 bits per heavy atom. The fourth-order valence-corrected chi connectivity index (χ4v) is 2.28. The van der Waals surface area contributed by atoms with Crippen LogP contribution in [0.1, 0.15) is 10.6 Å². The molecule has 0 bridgehead atoms. The van der Waals surface area contributed by atoms with Crippen LogP contribution in [0.5, 0.6) is 11.6 Å². The van der Waals surface area contributed by atoms with Gasteiger partial charge in [0.25, 0.3) is 5.91 Å². The molecule has 0 aliphatic heterocycles. The molecule has 1 N–H and O–H groups in total. The van der Waals surface area contributed by atoms with Crippen LogP contribution in [0.15, 0.2) is 63.6 Å². The zero-order chi connectivity index (χ0) is 17.8. The average Bonchev–Trinajstić information content (AvgIpc) is 3.07. The Bertz CT molecular complexity index is 924. The summed E-state index contributed by atoms with van der Waals surface area (Å²) in [7, 11) is 0. The van der Waals surface area contributed by atoms with Crippen molar-refractivity contribution in [3.05, 3.63) is 75.1 Å². The second kappa shape index (κ2) is 7.14. The molecule has 126 valence electrons. The lowest BCUT2D eigenvalue weighted by atomic mass is 10.3. The molecule has 0 unspecified atom stereocenters. The van der Waals surface area contributed by atoms with E-state index in [9.17, 15) is 14.9 Å². The number of nitrogens with one attached hydrogen (secondary N) is 1. The summed E-state index contributed by atoms with van der Waals surface area (Å²) in [6.07, 6.45) is 1.41. The fourth-order valence-electron chi connectivity index (χ4n) is 1.91. The Morgan fingerprint density at radius 3 is 2.72 bits per heavy atom. The number of hydrogen-bond acceptors (Lipinski definition) is 6. The highest BCUT2D eigenvalue weighted by molar-refractivity contribution is 9.10. The summed E-state index contributed by atoms with van der Waals surface area (Å²) >= 11 is 3.35. The Kier molecular flexibility index (Phi) is 4.75. The summed E-state index contributed by atoms with van der Waals surface area (Å²) in [4.78, 5) is 25.9. The first kappa shape index (κ1) is 16.7. The molecular formula is C16H10BrN3O5. The molecule has 3 rings (SSSR count). The standard InChI is InChI=1S/C16H10BrN3O5/c17-10-2-1-3-12(8-10)24-14-6-4-11(9-18-14)19-16(21)13-5-7-15(25-13)20(22)23/h1-9H,(H,19,21). The molecule has 0 aliphatic carbocycles.